The first-order valence-corrected chi connectivity index (χ1v) is 10.4. The summed E-state index contributed by atoms with van der Waals surface area (Å²) in [6.07, 6.45) is 1.49. The van der Waals surface area contributed by atoms with Crippen LogP contribution < -0.4 is 5.32 Å². The van der Waals surface area contributed by atoms with Crippen LogP contribution in [0.5, 0.6) is 0 Å². The highest BCUT2D eigenvalue weighted by atomic mass is 35.5. The van der Waals surface area contributed by atoms with Crippen molar-refractivity contribution in [2.45, 2.75) is 24.8 Å². The number of pyridine rings is 1. The molecule has 2 N–H and O–H groups in total. The van der Waals surface area contributed by atoms with Gasteiger partial charge >= 0.3 is 12.1 Å². The van der Waals surface area contributed by atoms with E-state index in [0.717, 1.165) is 27.8 Å². The minimum absolute atomic E-state index is 0.0819. The molecular formula is C24H21ClN2O4. The summed E-state index contributed by atoms with van der Waals surface area (Å²) in [6, 6.07) is 18.4. The maximum Gasteiger partial charge on any atom is 0.407 e. The number of rotatable bonds is 7. The number of hydrogen-bond donors (Lipinski definition) is 2. The summed E-state index contributed by atoms with van der Waals surface area (Å²) < 4.78 is 5.44. The van der Waals surface area contributed by atoms with Gasteiger partial charge in [0.2, 0.25) is 0 Å². The van der Waals surface area contributed by atoms with E-state index in [1.54, 1.807) is 18.3 Å². The van der Waals surface area contributed by atoms with Gasteiger partial charge in [-0.2, -0.15) is 0 Å². The average Bonchev–Trinajstić information content (AvgIpc) is 3.10. The smallest absolute Gasteiger partial charge is 0.407 e. The number of hydrogen-bond acceptors (Lipinski definition) is 4. The summed E-state index contributed by atoms with van der Waals surface area (Å²) in [5, 5.41) is 12.3. The van der Waals surface area contributed by atoms with Crippen molar-refractivity contribution in [3.63, 3.8) is 0 Å². The predicted octanol–water partition coefficient (Wildman–Crippen LogP) is 4.66. The Bertz CT molecular complexity index is 1060. The Morgan fingerprint density at radius 3 is 2.26 bits per heavy atom. The number of alkyl carbamates (subject to hydrolysis) is 1. The molecule has 158 valence electrons. The molecule has 0 aliphatic heterocycles. The molecule has 3 aromatic rings. The van der Waals surface area contributed by atoms with E-state index in [1.165, 1.54) is 0 Å². The number of carboxylic acids is 1. The van der Waals surface area contributed by atoms with Crippen LogP contribution in [0.25, 0.3) is 11.1 Å². The zero-order valence-electron chi connectivity index (χ0n) is 16.6. The third-order valence-corrected chi connectivity index (χ3v) is 5.67. The summed E-state index contributed by atoms with van der Waals surface area (Å²) in [5.74, 6) is -1.20. The second-order valence-corrected chi connectivity index (χ2v) is 7.78. The van der Waals surface area contributed by atoms with Gasteiger partial charge in [-0.3, -0.25) is 0 Å². The van der Waals surface area contributed by atoms with E-state index in [-0.39, 0.29) is 18.9 Å². The number of aromatic nitrogens is 1. The monoisotopic (exact) mass is 436 g/mol. The molecule has 7 heteroatoms. The van der Waals surface area contributed by atoms with Crippen LogP contribution in [0.4, 0.5) is 4.79 Å². The van der Waals surface area contributed by atoms with Gasteiger partial charge in [0.25, 0.3) is 0 Å². The summed E-state index contributed by atoms with van der Waals surface area (Å²) in [6.45, 7) is 0.132. The topological polar surface area (TPSA) is 88.5 Å². The van der Waals surface area contributed by atoms with E-state index in [4.69, 9.17) is 16.3 Å². The molecule has 0 radical (unpaired) electrons. The lowest BCUT2D eigenvalue weighted by atomic mass is 9.98. The van der Waals surface area contributed by atoms with Gasteiger partial charge in [-0.1, -0.05) is 66.2 Å². The summed E-state index contributed by atoms with van der Waals surface area (Å²) >= 11 is 5.77. The molecule has 1 unspecified atom stereocenters. The molecule has 0 saturated heterocycles. The molecule has 4 rings (SSSR count). The largest absolute Gasteiger partial charge is 0.480 e. The van der Waals surface area contributed by atoms with Gasteiger partial charge < -0.3 is 15.2 Å². The number of ether oxygens (including phenoxy) is 1. The van der Waals surface area contributed by atoms with Crippen LogP contribution in [-0.2, 0) is 16.0 Å². The zero-order valence-corrected chi connectivity index (χ0v) is 17.4. The van der Waals surface area contributed by atoms with Crippen molar-refractivity contribution >= 4 is 23.7 Å². The van der Waals surface area contributed by atoms with E-state index in [9.17, 15) is 14.7 Å². The van der Waals surface area contributed by atoms with Crippen LogP contribution in [-0.4, -0.2) is 34.8 Å². The second kappa shape index (κ2) is 9.18. The lowest BCUT2D eigenvalue weighted by molar-refractivity contribution is -0.139. The summed E-state index contributed by atoms with van der Waals surface area (Å²) in [7, 11) is 0. The molecule has 6 nitrogen and oxygen atoms in total. The highest BCUT2D eigenvalue weighted by molar-refractivity contribution is 6.29. The number of nitrogens with zero attached hydrogens (tertiary/aromatic N) is 1. The first-order valence-electron chi connectivity index (χ1n) is 9.97. The number of nitrogens with one attached hydrogen (secondary N) is 1. The molecular weight excluding hydrogens is 416 g/mol. The Hall–Kier alpha value is -3.38. The maximum absolute atomic E-state index is 12.4. The maximum atomic E-state index is 12.4. The van der Waals surface area contributed by atoms with Crippen molar-refractivity contribution in [2.24, 2.45) is 0 Å². The fourth-order valence-corrected chi connectivity index (χ4v) is 4.02. The normalized spacial score (nSPS) is 13.2. The molecule has 0 fully saturated rings. The Kier molecular flexibility index (Phi) is 6.18. The van der Waals surface area contributed by atoms with Crippen LogP contribution in [0.3, 0.4) is 0 Å². The fourth-order valence-electron chi connectivity index (χ4n) is 3.91. The number of amides is 1. The van der Waals surface area contributed by atoms with E-state index >= 15 is 0 Å². The first kappa shape index (κ1) is 20.9. The number of carbonyl (C=O) groups excluding carboxylic acids is 1. The average molecular weight is 437 g/mol. The van der Waals surface area contributed by atoms with Gasteiger partial charge in [0, 0.05) is 12.1 Å². The molecule has 1 amide bonds. The van der Waals surface area contributed by atoms with Crippen LogP contribution >= 0.6 is 11.6 Å². The molecule has 0 bridgehead atoms. The molecule has 1 aliphatic rings. The Morgan fingerprint density at radius 1 is 1.03 bits per heavy atom. The number of carbonyl (C=O) groups is 2. The van der Waals surface area contributed by atoms with Crippen molar-refractivity contribution < 1.29 is 19.4 Å². The van der Waals surface area contributed by atoms with Crippen molar-refractivity contribution in [3.8, 4) is 11.1 Å². The van der Waals surface area contributed by atoms with Gasteiger partial charge in [0.1, 0.15) is 17.8 Å². The van der Waals surface area contributed by atoms with Crippen LogP contribution in [0.2, 0.25) is 5.15 Å². The van der Waals surface area contributed by atoms with Crippen LogP contribution in [0.15, 0.2) is 66.9 Å². The molecule has 1 aromatic heterocycles. The molecule has 1 heterocycles. The highest BCUT2D eigenvalue weighted by Crippen LogP contribution is 2.44. The van der Waals surface area contributed by atoms with Crippen molar-refractivity contribution in [1.29, 1.82) is 0 Å². The standard InChI is InChI=1S/C24H21ClN2O4/c25-22-12-10-15(13-26-22)9-11-21(23(28)29)27-24(30)31-14-20-18-7-3-1-5-16(18)17-6-2-4-8-19(17)20/h1-8,10,12-13,20-21H,9,11,14H2,(H,27,30)(H,28,29). The zero-order chi connectivity index (χ0) is 21.8. The van der Waals surface area contributed by atoms with E-state index in [0.29, 0.717) is 11.6 Å². The minimum Gasteiger partial charge on any atom is -0.480 e. The quantitative estimate of drug-likeness (QED) is 0.526. The van der Waals surface area contributed by atoms with Crippen LogP contribution in [0.1, 0.15) is 29.0 Å². The third kappa shape index (κ3) is 4.70. The Morgan fingerprint density at radius 2 is 1.68 bits per heavy atom. The van der Waals surface area contributed by atoms with Gasteiger partial charge in [-0.25, -0.2) is 14.6 Å². The molecule has 0 spiro atoms. The molecule has 1 aliphatic carbocycles. The van der Waals surface area contributed by atoms with Crippen molar-refractivity contribution in [1.82, 2.24) is 10.3 Å². The van der Waals surface area contributed by atoms with Crippen LogP contribution in [0, 0.1) is 0 Å². The number of aryl methyl sites for hydroxylation is 1. The number of benzene rings is 2. The summed E-state index contributed by atoms with van der Waals surface area (Å²) in [5.41, 5.74) is 5.30. The third-order valence-electron chi connectivity index (χ3n) is 5.44. The van der Waals surface area contributed by atoms with E-state index in [2.05, 4.69) is 22.4 Å². The lowest BCUT2D eigenvalue weighted by Crippen LogP contribution is -2.41. The van der Waals surface area contributed by atoms with E-state index < -0.39 is 18.1 Å². The number of aliphatic carboxylic acids is 1. The van der Waals surface area contributed by atoms with Gasteiger partial charge in [0.15, 0.2) is 0 Å². The summed E-state index contributed by atoms with van der Waals surface area (Å²) in [4.78, 5) is 27.9. The minimum atomic E-state index is -1.12. The predicted molar refractivity (Wildman–Crippen MR) is 117 cm³/mol. The fraction of sp³-hybridized carbons (Fsp3) is 0.208. The van der Waals surface area contributed by atoms with Crippen molar-refractivity contribution in [3.05, 3.63) is 88.7 Å². The number of halogens is 1. The lowest BCUT2D eigenvalue weighted by Gasteiger charge is -2.17. The molecule has 31 heavy (non-hydrogen) atoms. The van der Waals surface area contributed by atoms with Gasteiger partial charge in [-0.15, -0.1) is 0 Å². The molecule has 0 saturated carbocycles. The highest BCUT2D eigenvalue weighted by Gasteiger charge is 2.29. The first-order chi connectivity index (χ1) is 15.0. The Balaban J connectivity index is 1.38. The second-order valence-electron chi connectivity index (χ2n) is 7.39. The molecule has 2 aromatic carbocycles. The van der Waals surface area contributed by atoms with Gasteiger partial charge in [0.05, 0.1) is 0 Å². The number of fused-ring (bicyclic) bond motifs is 3. The van der Waals surface area contributed by atoms with Crippen molar-refractivity contribution in [2.75, 3.05) is 6.61 Å². The Labute approximate surface area is 184 Å². The molecule has 1 atom stereocenters. The van der Waals surface area contributed by atoms with E-state index in [1.807, 2.05) is 36.4 Å². The SMILES string of the molecule is O=C(NC(CCc1ccc(Cl)nc1)C(=O)O)OCC1c2ccccc2-c2ccccc21. The number of carboxylic acid groups (broad SMARTS) is 1. The van der Waals surface area contributed by atoms with Gasteiger partial charge in [-0.05, 0) is 46.7 Å².